The Hall–Kier alpha value is -2.37. The standard InChI is InChI=1S/C28H27NO2S2/c1-28(12-4-3-5-13-28)22-16-20(10-11-23(22)31-2)18-6-7-19-15-21(9-8-17(19)14-18)24-25-26(30)29(24)27(32)33-25/h6-11,14-16,24-25H,3-5,12-13H2,1-2H3. The summed E-state index contributed by atoms with van der Waals surface area (Å²) in [5.41, 5.74) is 5.14. The fourth-order valence-electron chi connectivity index (χ4n) is 5.86. The molecular formula is C28H27NO2S2. The number of carbonyl (C=O) groups is 1. The molecule has 5 heteroatoms. The van der Waals surface area contributed by atoms with E-state index in [-0.39, 0.29) is 22.6 Å². The minimum absolute atomic E-state index is 0.0342. The van der Waals surface area contributed by atoms with E-state index < -0.39 is 0 Å². The summed E-state index contributed by atoms with van der Waals surface area (Å²) in [7, 11) is 1.78. The Balaban J connectivity index is 1.35. The lowest BCUT2D eigenvalue weighted by Gasteiger charge is -2.36. The first-order chi connectivity index (χ1) is 16.0. The lowest BCUT2D eigenvalue weighted by Crippen LogP contribution is -2.50. The Labute approximate surface area is 204 Å². The quantitative estimate of drug-likeness (QED) is 0.301. The molecule has 3 aromatic carbocycles. The molecule has 3 aromatic rings. The van der Waals surface area contributed by atoms with Crippen LogP contribution in [0.15, 0.2) is 54.6 Å². The van der Waals surface area contributed by atoms with Crippen molar-refractivity contribution in [2.24, 2.45) is 0 Å². The molecule has 3 nitrogen and oxygen atoms in total. The first-order valence-electron chi connectivity index (χ1n) is 11.7. The summed E-state index contributed by atoms with van der Waals surface area (Å²) in [5, 5.41) is 2.37. The number of carbonyl (C=O) groups excluding carboxylic acids is 1. The molecule has 1 amide bonds. The summed E-state index contributed by atoms with van der Waals surface area (Å²) in [6.45, 7) is 2.40. The van der Waals surface area contributed by atoms with Crippen LogP contribution in [-0.4, -0.2) is 27.5 Å². The van der Waals surface area contributed by atoms with Crippen molar-refractivity contribution in [3.63, 3.8) is 0 Å². The van der Waals surface area contributed by atoms with Crippen LogP contribution in [-0.2, 0) is 10.2 Å². The third kappa shape index (κ3) is 3.31. The number of rotatable bonds is 4. The molecule has 168 valence electrons. The molecule has 0 spiro atoms. The zero-order valence-electron chi connectivity index (χ0n) is 19.0. The second-order valence-electron chi connectivity index (χ2n) is 9.82. The third-order valence-electron chi connectivity index (χ3n) is 7.82. The van der Waals surface area contributed by atoms with Crippen molar-refractivity contribution in [3.05, 3.63) is 65.7 Å². The van der Waals surface area contributed by atoms with Gasteiger partial charge in [-0.15, -0.1) is 0 Å². The highest BCUT2D eigenvalue weighted by molar-refractivity contribution is 8.24. The van der Waals surface area contributed by atoms with Gasteiger partial charge in [-0.05, 0) is 70.0 Å². The monoisotopic (exact) mass is 473 g/mol. The first kappa shape index (κ1) is 21.2. The van der Waals surface area contributed by atoms with Gasteiger partial charge in [0.2, 0.25) is 5.91 Å². The van der Waals surface area contributed by atoms with Gasteiger partial charge in [-0.2, -0.15) is 0 Å². The number of benzene rings is 3. The van der Waals surface area contributed by atoms with Crippen LogP contribution in [0.3, 0.4) is 0 Å². The minimum Gasteiger partial charge on any atom is -0.496 e. The maximum atomic E-state index is 12.1. The van der Waals surface area contributed by atoms with Gasteiger partial charge in [-0.3, -0.25) is 9.69 Å². The number of methoxy groups -OCH3 is 1. The maximum Gasteiger partial charge on any atom is 0.244 e. The highest BCUT2D eigenvalue weighted by Crippen LogP contribution is 2.52. The van der Waals surface area contributed by atoms with Crippen molar-refractivity contribution in [1.82, 2.24) is 4.90 Å². The highest BCUT2D eigenvalue weighted by atomic mass is 32.2. The van der Waals surface area contributed by atoms with Crippen molar-refractivity contribution in [1.29, 1.82) is 0 Å². The molecule has 2 unspecified atom stereocenters. The minimum atomic E-state index is -0.0342. The molecule has 0 radical (unpaired) electrons. The lowest BCUT2D eigenvalue weighted by molar-refractivity contribution is -0.136. The fourth-order valence-corrected chi connectivity index (χ4v) is 7.53. The van der Waals surface area contributed by atoms with Gasteiger partial charge >= 0.3 is 0 Å². The van der Waals surface area contributed by atoms with Crippen LogP contribution >= 0.6 is 24.0 Å². The van der Waals surface area contributed by atoms with Crippen molar-refractivity contribution in [2.45, 2.75) is 55.7 Å². The van der Waals surface area contributed by atoms with E-state index in [2.05, 4.69) is 61.5 Å². The molecule has 3 saturated heterocycles. The maximum absolute atomic E-state index is 12.1. The Morgan fingerprint density at radius 2 is 1.67 bits per heavy atom. The number of nitrogens with zero attached hydrogens (tertiary/aromatic N) is 1. The SMILES string of the molecule is COc1ccc(-c2ccc3cc(C4C5SC(=S)N4C5=O)ccc3c2)cc1C1(C)CCCCC1. The number of fused-ring (bicyclic) bond motifs is 2. The van der Waals surface area contributed by atoms with E-state index in [4.69, 9.17) is 17.0 Å². The fraction of sp³-hybridized carbons (Fsp3) is 0.357. The van der Waals surface area contributed by atoms with Crippen molar-refractivity contribution in [3.8, 4) is 16.9 Å². The third-order valence-corrected chi connectivity index (χ3v) is 9.41. The molecule has 3 aliphatic heterocycles. The number of thiocarbonyl (C=S) groups is 1. The molecule has 7 rings (SSSR count). The predicted octanol–water partition coefficient (Wildman–Crippen LogP) is 7.02. The largest absolute Gasteiger partial charge is 0.496 e. The average Bonchev–Trinajstić information content (AvgIpc) is 3.35. The summed E-state index contributed by atoms with van der Waals surface area (Å²) in [5.74, 6) is 1.16. The molecule has 4 fully saturated rings. The van der Waals surface area contributed by atoms with E-state index in [1.807, 2.05) is 0 Å². The second kappa shape index (κ2) is 7.85. The van der Waals surface area contributed by atoms with Gasteiger partial charge < -0.3 is 4.74 Å². The van der Waals surface area contributed by atoms with E-state index >= 15 is 0 Å². The molecule has 2 bridgehead atoms. The van der Waals surface area contributed by atoms with Gasteiger partial charge in [0, 0.05) is 5.56 Å². The van der Waals surface area contributed by atoms with Crippen LogP contribution in [0.4, 0.5) is 0 Å². The van der Waals surface area contributed by atoms with Crippen molar-refractivity contribution in [2.75, 3.05) is 7.11 Å². The van der Waals surface area contributed by atoms with E-state index in [0.29, 0.717) is 4.32 Å². The predicted molar refractivity (Wildman–Crippen MR) is 140 cm³/mol. The van der Waals surface area contributed by atoms with Gasteiger partial charge in [0.25, 0.3) is 0 Å². The summed E-state index contributed by atoms with van der Waals surface area (Å²) in [4.78, 5) is 13.9. The van der Waals surface area contributed by atoms with Gasteiger partial charge in [0.1, 0.15) is 15.3 Å². The highest BCUT2D eigenvalue weighted by Gasteiger charge is 2.57. The van der Waals surface area contributed by atoms with Gasteiger partial charge in [-0.25, -0.2) is 0 Å². The van der Waals surface area contributed by atoms with Crippen LogP contribution < -0.4 is 4.74 Å². The number of β-lactam (4-membered cyclic amide) rings is 1. The molecule has 1 saturated carbocycles. The molecule has 0 N–H and O–H groups in total. The van der Waals surface area contributed by atoms with Crippen molar-refractivity contribution >= 4 is 45.0 Å². The topological polar surface area (TPSA) is 29.5 Å². The van der Waals surface area contributed by atoms with E-state index in [0.717, 1.165) is 5.75 Å². The van der Waals surface area contributed by atoms with Crippen molar-refractivity contribution < 1.29 is 9.53 Å². The Morgan fingerprint density at radius 1 is 0.970 bits per heavy atom. The van der Waals surface area contributed by atoms with Gasteiger partial charge in [0.05, 0.1) is 13.2 Å². The summed E-state index contributed by atoms with van der Waals surface area (Å²) in [6.07, 6.45) is 6.35. The van der Waals surface area contributed by atoms with E-state index in [1.165, 1.54) is 76.9 Å². The Morgan fingerprint density at radius 3 is 2.36 bits per heavy atom. The van der Waals surface area contributed by atoms with Crippen LogP contribution in [0, 0.1) is 0 Å². The lowest BCUT2D eigenvalue weighted by atomic mass is 9.70. The molecule has 4 aliphatic rings. The first-order valence-corrected chi connectivity index (χ1v) is 13.0. The second-order valence-corrected chi connectivity index (χ2v) is 11.6. The number of thioether (sulfide) groups is 1. The Kier molecular flexibility index (Phi) is 5.04. The van der Waals surface area contributed by atoms with Crippen LogP contribution in [0.2, 0.25) is 0 Å². The molecular weight excluding hydrogens is 446 g/mol. The zero-order valence-corrected chi connectivity index (χ0v) is 20.6. The average molecular weight is 474 g/mol. The molecule has 2 atom stereocenters. The van der Waals surface area contributed by atoms with E-state index in [9.17, 15) is 4.79 Å². The number of hydrogen-bond acceptors (Lipinski definition) is 4. The number of hydrogen-bond donors (Lipinski definition) is 0. The zero-order chi connectivity index (χ0) is 22.7. The molecule has 0 aromatic heterocycles. The molecule has 33 heavy (non-hydrogen) atoms. The molecule has 3 heterocycles. The number of ether oxygens (including phenoxy) is 1. The summed E-state index contributed by atoms with van der Waals surface area (Å²) in [6, 6.07) is 20.0. The van der Waals surface area contributed by atoms with Crippen LogP contribution in [0.5, 0.6) is 5.75 Å². The summed E-state index contributed by atoms with van der Waals surface area (Å²) < 4.78 is 6.49. The summed E-state index contributed by atoms with van der Waals surface area (Å²) >= 11 is 6.87. The van der Waals surface area contributed by atoms with Gasteiger partial charge in [-0.1, -0.05) is 80.5 Å². The number of amides is 1. The van der Waals surface area contributed by atoms with Crippen LogP contribution in [0.25, 0.3) is 21.9 Å². The molecule has 1 aliphatic carbocycles. The normalized spacial score (nSPS) is 23.6. The van der Waals surface area contributed by atoms with E-state index in [1.54, 1.807) is 12.0 Å². The Bertz CT molecular complexity index is 1290. The van der Waals surface area contributed by atoms with Crippen LogP contribution in [0.1, 0.15) is 56.2 Å². The smallest absolute Gasteiger partial charge is 0.244 e. The van der Waals surface area contributed by atoms with Gasteiger partial charge in [0.15, 0.2) is 0 Å².